The highest BCUT2D eigenvalue weighted by atomic mass is 15.3. The summed E-state index contributed by atoms with van der Waals surface area (Å²) in [6.45, 7) is 3.05. The summed E-state index contributed by atoms with van der Waals surface area (Å²) < 4.78 is 2.40. The van der Waals surface area contributed by atoms with Crippen LogP contribution in [-0.4, -0.2) is 21.3 Å². The van der Waals surface area contributed by atoms with Gasteiger partial charge < -0.3 is 9.88 Å². The second-order valence-corrected chi connectivity index (χ2v) is 6.32. The lowest BCUT2D eigenvalue weighted by molar-refractivity contribution is 0.456. The SMILES string of the molecule is C1Cn2c(nnc2C2C3C4CCC(C4)C23)CN1. The number of nitrogens with zero attached hydrogens (tertiary/aromatic N) is 3. The van der Waals surface area contributed by atoms with Crippen molar-refractivity contribution in [2.45, 2.75) is 38.3 Å². The number of hydrogen-bond donors (Lipinski definition) is 1. The van der Waals surface area contributed by atoms with E-state index in [9.17, 15) is 0 Å². The molecular weight excluding hydrogens is 212 g/mol. The third-order valence-electron chi connectivity index (χ3n) is 5.68. The lowest BCUT2D eigenvalue weighted by Gasteiger charge is -2.17. The van der Waals surface area contributed by atoms with Crippen LogP contribution in [0.2, 0.25) is 0 Å². The molecule has 4 nitrogen and oxygen atoms in total. The summed E-state index contributed by atoms with van der Waals surface area (Å²) in [5.41, 5.74) is 0. The van der Waals surface area contributed by atoms with Gasteiger partial charge in [-0.15, -0.1) is 10.2 Å². The molecule has 3 fully saturated rings. The molecule has 3 aliphatic carbocycles. The number of fused-ring (bicyclic) bond motifs is 6. The maximum atomic E-state index is 4.51. The van der Waals surface area contributed by atoms with E-state index in [-0.39, 0.29) is 0 Å². The Balaban J connectivity index is 1.52. The van der Waals surface area contributed by atoms with Crippen molar-refractivity contribution >= 4 is 0 Å². The smallest absolute Gasteiger partial charge is 0.147 e. The van der Waals surface area contributed by atoms with E-state index in [1.165, 1.54) is 25.1 Å². The average Bonchev–Trinajstić information content (AvgIpc) is 2.76. The van der Waals surface area contributed by atoms with Crippen LogP contribution < -0.4 is 5.32 Å². The molecule has 0 saturated heterocycles. The van der Waals surface area contributed by atoms with E-state index < -0.39 is 0 Å². The van der Waals surface area contributed by atoms with Crippen LogP contribution in [0.5, 0.6) is 0 Å². The first-order chi connectivity index (χ1) is 8.43. The maximum Gasteiger partial charge on any atom is 0.147 e. The van der Waals surface area contributed by atoms with E-state index in [2.05, 4.69) is 20.1 Å². The molecule has 1 aliphatic heterocycles. The van der Waals surface area contributed by atoms with Crippen LogP contribution in [0, 0.1) is 23.7 Å². The fourth-order valence-corrected chi connectivity index (χ4v) is 5.03. The van der Waals surface area contributed by atoms with Crippen molar-refractivity contribution in [3.05, 3.63) is 11.6 Å². The lowest BCUT2D eigenvalue weighted by atomic mass is 10.0. The zero-order valence-corrected chi connectivity index (χ0v) is 9.97. The Morgan fingerprint density at radius 1 is 1.12 bits per heavy atom. The van der Waals surface area contributed by atoms with Gasteiger partial charge in [0.25, 0.3) is 0 Å². The van der Waals surface area contributed by atoms with Gasteiger partial charge in [0.1, 0.15) is 11.6 Å². The minimum Gasteiger partial charge on any atom is -0.312 e. The highest BCUT2D eigenvalue weighted by molar-refractivity contribution is 5.25. The van der Waals surface area contributed by atoms with E-state index in [1.807, 2.05) is 0 Å². The quantitative estimate of drug-likeness (QED) is 0.786. The molecule has 2 heterocycles. The molecule has 1 aromatic heterocycles. The number of aromatic nitrogens is 3. The van der Waals surface area contributed by atoms with Gasteiger partial charge >= 0.3 is 0 Å². The van der Waals surface area contributed by atoms with Crippen molar-refractivity contribution in [3.63, 3.8) is 0 Å². The maximum absolute atomic E-state index is 4.51. The number of nitrogens with one attached hydrogen (secondary N) is 1. The van der Waals surface area contributed by atoms with Gasteiger partial charge in [0.15, 0.2) is 0 Å². The highest BCUT2D eigenvalue weighted by Gasteiger charge is 2.66. The normalized spacial score (nSPS) is 45.8. The lowest BCUT2D eigenvalue weighted by Crippen LogP contribution is -2.29. The molecule has 1 N–H and O–H groups in total. The molecule has 1 aromatic rings. The summed E-state index contributed by atoms with van der Waals surface area (Å²) in [4.78, 5) is 0. The van der Waals surface area contributed by atoms with Gasteiger partial charge in [0, 0.05) is 19.0 Å². The Labute approximate surface area is 101 Å². The second-order valence-electron chi connectivity index (χ2n) is 6.32. The summed E-state index contributed by atoms with van der Waals surface area (Å²) in [5.74, 6) is 7.29. The Bertz CT molecular complexity index is 464. The Kier molecular flexibility index (Phi) is 1.56. The first-order valence-corrected chi connectivity index (χ1v) is 7.06. The Morgan fingerprint density at radius 2 is 1.94 bits per heavy atom. The number of hydrogen-bond acceptors (Lipinski definition) is 3. The van der Waals surface area contributed by atoms with Gasteiger partial charge in [-0.2, -0.15) is 0 Å². The fraction of sp³-hybridized carbons (Fsp3) is 0.846. The summed E-state index contributed by atoms with van der Waals surface area (Å²) >= 11 is 0. The van der Waals surface area contributed by atoms with Crippen LogP contribution >= 0.6 is 0 Å². The van der Waals surface area contributed by atoms with Crippen molar-refractivity contribution in [2.75, 3.05) is 6.54 Å². The van der Waals surface area contributed by atoms with Crippen LogP contribution in [0.3, 0.4) is 0 Å². The van der Waals surface area contributed by atoms with Gasteiger partial charge in [-0.3, -0.25) is 0 Å². The van der Waals surface area contributed by atoms with E-state index in [4.69, 9.17) is 0 Å². The van der Waals surface area contributed by atoms with Gasteiger partial charge in [-0.25, -0.2) is 0 Å². The predicted molar refractivity (Wildman–Crippen MR) is 62.3 cm³/mol. The molecule has 3 saturated carbocycles. The van der Waals surface area contributed by atoms with Gasteiger partial charge in [0.05, 0.1) is 6.54 Å². The monoisotopic (exact) mass is 230 g/mol. The van der Waals surface area contributed by atoms with Gasteiger partial charge in [-0.1, -0.05) is 0 Å². The molecule has 5 rings (SSSR count). The molecule has 4 heteroatoms. The van der Waals surface area contributed by atoms with Crippen molar-refractivity contribution in [1.82, 2.24) is 20.1 Å². The molecule has 4 atom stereocenters. The van der Waals surface area contributed by atoms with E-state index in [0.717, 1.165) is 55.0 Å². The van der Waals surface area contributed by atoms with Crippen LogP contribution in [0.1, 0.15) is 36.8 Å². The first-order valence-electron chi connectivity index (χ1n) is 7.06. The van der Waals surface area contributed by atoms with Gasteiger partial charge in [0.2, 0.25) is 0 Å². The zero-order valence-electron chi connectivity index (χ0n) is 9.97. The molecule has 0 aromatic carbocycles. The zero-order chi connectivity index (χ0) is 11.0. The van der Waals surface area contributed by atoms with E-state index in [0.29, 0.717) is 0 Å². The Morgan fingerprint density at radius 3 is 2.76 bits per heavy atom. The largest absolute Gasteiger partial charge is 0.312 e. The molecule has 4 unspecified atom stereocenters. The molecule has 17 heavy (non-hydrogen) atoms. The molecule has 4 aliphatic rings. The summed E-state index contributed by atoms with van der Waals surface area (Å²) in [6.07, 6.45) is 4.50. The number of rotatable bonds is 1. The third-order valence-corrected chi connectivity index (χ3v) is 5.68. The molecule has 0 radical (unpaired) electrons. The van der Waals surface area contributed by atoms with Crippen molar-refractivity contribution < 1.29 is 0 Å². The highest BCUT2D eigenvalue weighted by Crippen LogP contribution is 2.72. The van der Waals surface area contributed by atoms with Crippen LogP contribution in [-0.2, 0) is 13.1 Å². The predicted octanol–water partition coefficient (Wildman–Crippen LogP) is 1.14. The van der Waals surface area contributed by atoms with Crippen LogP contribution in [0.4, 0.5) is 0 Å². The summed E-state index contributed by atoms with van der Waals surface area (Å²) in [5, 5.41) is 12.2. The van der Waals surface area contributed by atoms with Crippen molar-refractivity contribution in [3.8, 4) is 0 Å². The standard InChI is InChI=1S/C13H18N4/c1-2-8-5-7(1)10-11(8)12(10)13-16-15-9-6-14-3-4-17(9)13/h7-8,10-12,14H,1-6H2. The van der Waals surface area contributed by atoms with Crippen molar-refractivity contribution in [1.29, 1.82) is 0 Å². The molecule has 0 amide bonds. The Hall–Kier alpha value is -0.900. The first kappa shape index (κ1) is 9.09. The average molecular weight is 230 g/mol. The van der Waals surface area contributed by atoms with Gasteiger partial charge in [-0.05, 0) is 42.9 Å². The van der Waals surface area contributed by atoms with Crippen LogP contribution in [0.15, 0.2) is 0 Å². The van der Waals surface area contributed by atoms with Crippen molar-refractivity contribution in [2.24, 2.45) is 23.7 Å². The molecular formula is C13H18N4. The molecule has 2 bridgehead atoms. The fourth-order valence-electron chi connectivity index (χ4n) is 5.03. The minimum absolute atomic E-state index is 0.778. The second kappa shape index (κ2) is 2.91. The molecule has 90 valence electrons. The van der Waals surface area contributed by atoms with E-state index in [1.54, 1.807) is 0 Å². The third kappa shape index (κ3) is 1.03. The topological polar surface area (TPSA) is 42.7 Å². The molecule has 0 spiro atoms. The van der Waals surface area contributed by atoms with Crippen LogP contribution in [0.25, 0.3) is 0 Å². The summed E-state index contributed by atoms with van der Waals surface area (Å²) in [7, 11) is 0. The van der Waals surface area contributed by atoms with E-state index >= 15 is 0 Å². The summed E-state index contributed by atoms with van der Waals surface area (Å²) in [6, 6.07) is 0. The minimum atomic E-state index is 0.778.